The molecule has 0 N–H and O–H groups in total. The Kier molecular flexibility index (Phi) is 3.70. The fourth-order valence-electron chi connectivity index (χ4n) is 1.39. The molecule has 5 heteroatoms. The quantitative estimate of drug-likeness (QED) is 0.614. The molecule has 0 atom stereocenters. The number of hydrogen-bond acceptors (Lipinski definition) is 4. The molecule has 1 aliphatic rings. The lowest BCUT2D eigenvalue weighted by Crippen LogP contribution is -2.52. The maximum atomic E-state index is 10.7. The highest BCUT2D eigenvalue weighted by molar-refractivity contribution is 7.86. The van der Waals surface area contributed by atoms with E-state index in [4.69, 9.17) is 4.18 Å². The highest BCUT2D eigenvalue weighted by Crippen LogP contribution is 2.13. The van der Waals surface area contributed by atoms with Crippen LogP contribution < -0.4 is 0 Å². The summed E-state index contributed by atoms with van der Waals surface area (Å²) >= 11 is 0. The summed E-state index contributed by atoms with van der Waals surface area (Å²) in [7, 11) is -3.25. The van der Waals surface area contributed by atoms with E-state index in [1.165, 1.54) is 12.8 Å². The smallest absolute Gasteiger partial charge is 0.264 e. The van der Waals surface area contributed by atoms with Gasteiger partial charge in [-0.3, -0.25) is 9.08 Å². The molecule has 1 saturated heterocycles. The third-order valence-electron chi connectivity index (χ3n) is 2.06. The van der Waals surface area contributed by atoms with Gasteiger partial charge in [0.25, 0.3) is 10.1 Å². The zero-order valence-electron chi connectivity index (χ0n) is 8.19. The molecule has 0 saturated carbocycles. The summed E-state index contributed by atoms with van der Waals surface area (Å²) in [5.74, 6) is 0. The third kappa shape index (κ3) is 4.06. The van der Waals surface area contributed by atoms with Crippen LogP contribution in [0.2, 0.25) is 0 Å². The molecular formula is C8H17NO3S. The van der Waals surface area contributed by atoms with Crippen molar-refractivity contribution in [1.82, 2.24) is 4.90 Å². The third-order valence-corrected chi connectivity index (χ3v) is 2.68. The van der Waals surface area contributed by atoms with Crippen LogP contribution in [0.4, 0.5) is 0 Å². The Balaban J connectivity index is 2.12. The van der Waals surface area contributed by atoms with Crippen LogP contribution in [-0.4, -0.2) is 45.3 Å². The summed E-state index contributed by atoms with van der Waals surface area (Å²) in [4.78, 5) is 2.21. The van der Waals surface area contributed by atoms with Crippen molar-refractivity contribution in [3.63, 3.8) is 0 Å². The van der Waals surface area contributed by atoms with Crippen molar-refractivity contribution in [3.05, 3.63) is 0 Å². The molecule has 1 heterocycles. The summed E-state index contributed by atoms with van der Waals surface area (Å²) in [5, 5.41) is 0. The summed E-state index contributed by atoms with van der Waals surface area (Å²) in [6.45, 7) is 4.71. The normalized spacial score (nSPS) is 20.2. The van der Waals surface area contributed by atoms with Crippen LogP contribution in [0.5, 0.6) is 0 Å². The van der Waals surface area contributed by atoms with Gasteiger partial charge in [0.1, 0.15) is 6.10 Å². The average molecular weight is 207 g/mol. The van der Waals surface area contributed by atoms with E-state index in [9.17, 15) is 8.42 Å². The predicted octanol–water partition coefficient (Wildman–Crippen LogP) is 0.447. The molecule has 0 aliphatic carbocycles. The number of rotatable bonds is 5. The van der Waals surface area contributed by atoms with E-state index in [-0.39, 0.29) is 6.10 Å². The molecule has 0 unspecified atom stereocenters. The second kappa shape index (κ2) is 4.39. The van der Waals surface area contributed by atoms with Gasteiger partial charge >= 0.3 is 0 Å². The molecular weight excluding hydrogens is 190 g/mol. The molecule has 1 fully saturated rings. The van der Waals surface area contributed by atoms with E-state index in [2.05, 4.69) is 11.8 Å². The van der Waals surface area contributed by atoms with Crippen molar-refractivity contribution in [2.75, 3.05) is 25.9 Å². The van der Waals surface area contributed by atoms with Gasteiger partial charge in [-0.15, -0.1) is 0 Å². The second-order valence-electron chi connectivity index (χ2n) is 3.54. The highest BCUT2D eigenvalue weighted by atomic mass is 32.2. The van der Waals surface area contributed by atoms with Gasteiger partial charge in [-0.25, -0.2) is 0 Å². The minimum atomic E-state index is -3.25. The summed E-state index contributed by atoms with van der Waals surface area (Å²) in [6.07, 6.45) is 3.34. The lowest BCUT2D eigenvalue weighted by molar-refractivity contribution is 0.0244. The van der Waals surface area contributed by atoms with Crippen LogP contribution in [0.3, 0.4) is 0 Å². The van der Waals surface area contributed by atoms with Crippen LogP contribution in [0, 0.1) is 0 Å². The first-order chi connectivity index (χ1) is 6.01. The van der Waals surface area contributed by atoms with Gasteiger partial charge in [0.05, 0.1) is 6.26 Å². The Bertz CT molecular complexity index is 244. The lowest BCUT2D eigenvalue weighted by atomic mass is 10.1. The zero-order chi connectivity index (χ0) is 9.90. The van der Waals surface area contributed by atoms with Crippen LogP contribution >= 0.6 is 0 Å². The molecule has 0 spiro atoms. The van der Waals surface area contributed by atoms with Gasteiger partial charge in [-0.2, -0.15) is 8.42 Å². The molecule has 1 rings (SSSR count). The van der Waals surface area contributed by atoms with E-state index >= 15 is 0 Å². The SMILES string of the molecule is CCCCN1CC(OS(C)(=O)=O)C1. The van der Waals surface area contributed by atoms with Crippen LogP contribution in [-0.2, 0) is 14.3 Å². The Morgan fingerprint density at radius 2 is 2.08 bits per heavy atom. The Hall–Kier alpha value is -0.130. The largest absolute Gasteiger partial charge is 0.298 e. The van der Waals surface area contributed by atoms with Gasteiger partial charge in [0, 0.05) is 13.1 Å². The van der Waals surface area contributed by atoms with Crippen LogP contribution in [0.1, 0.15) is 19.8 Å². The minimum absolute atomic E-state index is 0.105. The monoisotopic (exact) mass is 207 g/mol. The predicted molar refractivity (Wildman–Crippen MR) is 51.1 cm³/mol. The van der Waals surface area contributed by atoms with Crippen molar-refractivity contribution in [1.29, 1.82) is 0 Å². The van der Waals surface area contributed by atoms with Crippen molar-refractivity contribution < 1.29 is 12.6 Å². The van der Waals surface area contributed by atoms with Gasteiger partial charge in [-0.1, -0.05) is 13.3 Å². The summed E-state index contributed by atoms with van der Waals surface area (Å²) in [6, 6.07) is 0. The molecule has 1 aliphatic heterocycles. The van der Waals surface area contributed by atoms with E-state index in [1.54, 1.807) is 0 Å². The summed E-state index contributed by atoms with van der Waals surface area (Å²) in [5.41, 5.74) is 0. The molecule has 0 bridgehead atoms. The Morgan fingerprint density at radius 1 is 1.46 bits per heavy atom. The standard InChI is InChI=1S/C8H17NO3S/c1-3-4-5-9-6-8(7-9)12-13(2,10)11/h8H,3-7H2,1-2H3. The van der Waals surface area contributed by atoms with Crippen molar-refractivity contribution in [3.8, 4) is 0 Å². The molecule has 4 nitrogen and oxygen atoms in total. The van der Waals surface area contributed by atoms with E-state index < -0.39 is 10.1 Å². The van der Waals surface area contributed by atoms with Crippen molar-refractivity contribution in [2.24, 2.45) is 0 Å². The number of unbranched alkanes of at least 4 members (excludes halogenated alkanes) is 1. The van der Waals surface area contributed by atoms with Crippen LogP contribution in [0.25, 0.3) is 0 Å². The molecule has 0 aromatic carbocycles. The number of likely N-dealkylation sites (tertiary alicyclic amines) is 1. The first-order valence-corrected chi connectivity index (χ1v) is 6.43. The van der Waals surface area contributed by atoms with E-state index in [0.717, 1.165) is 25.9 Å². The first-order valence-electron chi connectivity index (χ1n) is 4.62. The minimum Gasteiger partial charge on any atom is -0.298 e. The molecule has 0 amide bonds. The molecule has 78 valence electrons. The Labute approximate surface area is 80.0 Å². The fraction of sp³-hybridized carbons (Fsp3) is 1.00. The van der Waals surface area contributed by atoms with Crippen molar-refractivity contribution in [2.45, 2.75) is 25.9 Å². The maximum Gasteiger partial charge on any atom is 0.264 e. The van der Waals surface area contributed by atoms with Gasteiger partial charge in [-0.05, 0) is 13.0 Å². The zero-order valence-corrected chi connectivity index (χ0v) is 9.01. The molecule has 0 radical (unpaired) electrons. The molecule has 13 heavy (non-hydrogen) atoms. The molecule has 0 aromatic rings. The molecule has 0 aromatic heterocycles. The van der Waals surface area contributed by atoms with Crippen LogP contribution in [0.15, 0.2) is 0 Å². The lowest BCUT2D eigenvalue weighted by Gasteiger charge is -2.37. The van der Waals surface area contributed by atoms with Crippen molar-refractivity contribution >= 4 is 10.1 Å². The second-order valence-corrected chi connectivity index (χ2v) is 5.14. The van der Waals surface area contributed by atoms with E-state index in [0.29, 0.717) is 0 Å². The topological polar surface area (TPSA) is 46.6 Å². The first kappa shape index (κ1) is 10.9. The number of hydrogen-bond donors (Lipinski definition) is 0. The average Bonchev–Trinajstić information content (AvgIpc) is 1.91. The Morgan fingerprint density at radius 3 is 2.54 bits per heavy atom. The summed E-state index contributed by atoms with van der Waals surface area (Å²) < 4.78 is 26.2. The van der Waals surface area contributed by atoms with Gasteiger partial charge in [0.15, 0.2) is 0 Å². The number of nitrogens with zero attached hydrogens (tertiary/aromatic N) is 1. The highest BCUT2D eigenvalue weighted by Gasteiger charge is 2.29. The van der Waals surface area contributed by atoms with Gasteiger partial charge < -0.3 is 0 Å². The van der Waals surface area contributed by atoms with E-state index in [1.807, 2.05) is 0 Å². The van der Waals surface area contributed by atoms with Gasteiger partial charge in [0.2, 0.25) is 0 Å². The maximum absolute atomic E-state index is 10.7. The fourth-order valence-corrected chi connectivity index (χ4v) is 2.01.